The van der Waals surface area contributed by atoms with Crippen LogP contribution in [0.2, 0.25) is 0 Å². The molecule has 0 radical (unpaired) electrons. The highest BCUT2D eigenvalue weighted by Gasteiger charge is 2.63. The molecule has 8 fully saturated rings. The van der Waals surface area contributed by atoms with E-state index in [-0.39, 0.29) is 35.0 Å². The Bertz CT molecular complexity index is 855. The van der Waals surface area contributed by atoms with Gasteiger partial charge in [0.15, 0.2) is 0 Å². The summed E-state index contributed by atoms with van der Waals surface area (Å²) < 4.78 is 11.9. The van der Waals surface area contributed by atoms with Gasteiger partial charge >= 0.3 is 11.9 Å². The number of ether oxygens (including phenoxy) is 2. The van der Waals surface area contributed by atoms with Gasteiger partial charge in [0.1, 0.15) is 11.7 Å². The third-order valence-corrected chi connectivity index (χ3v) is 12.7. The predicted octanol–water partition coefficient (Wildman–Crippen LogP) is 7.58. The van der Waals surface area contributed by atoms with Gasteiger partial charge in [0, 0.05) is 0 Å². The molecule has 4 heteroatoms. The summed E-state index contributed by atoms with van der Waals surface area (Å²) in [6.45, 7) is 10.2. The van der Waals surface area contributed by atoms with Crippen LogP contribution in [0, 0.1) is 64.6 Å². The number of fused-ring (bicyclic) bond motifs is 9. The van der Waals surface area contributed by atoms with Crippen LogP contribution in [-0.2, 0) is 19.1 Å². The Hall–Kier alpha value is -1.06. The zero-order chi connectivity index (χ0) is 26.1. The lowest BCUT2D eigenvalue weighted by molar-refractivity contribution is -0.190. The van der Waals surface area contributed by atoms with Gasteiger partial charge in [-0.05, 0) is 151 Å². The van der Waals surface area contributed by atoms with Crippen LogP contribution in [0.4, 0.5) is 0 Å². The quantitative estimate of drug-likeness (QED) is 0.272. The second-order valence-electron chi connectivity index (χ2n) is 15.4. The molecule has 8 aliphatic carbocycles. The fourth-order valence-corrected chi connectivity index (χ4v) is 10.7. The molecule has 0 N–H and O–H groups in total. The minimum absolute atomic E-state index is 0.0391. The monoisotopic (exact) mass is 512 g/mol. The van der Waals surface area contributed by atoms with E-state index in [9.17, 15) is 9.59 Å². The topological polar surface area (TPSA) is 52.6 Å². The summed E-state index contributed by atoms with van der Waals surface area (Å²) in [7, 11) is 0. The Labute approximate surface area is 225 Å². The van der Waals surface area contributed by atoms with Gasteiger partial charge in [-0.1, -0.05) is 20.8 Å². The first-order valence-corrected chi connectivity index (χ1v) is 16.0. The summed E-state index contributed by atoms with van der Waals surface area (Å²) in [5, 5.41) is 0. The third-order valence-electron chi connectivity index (χ3n) is 12.7. The average molecular weight is 513 g/mol. The standard InChI is InChI=1S/C18H28O2.C15H24O2/c1-4-18(2,3)17(19)20-14-9-12-8-13(14)16-11-6-5-10(7-11)15(12)16;1-3-10(2)14(16)17-15-7-11-4-12(8-15)6-13(5-11)9-15/h10-16H,4-9H2,1-3H3;10-13H,3-9H2,1-2H3. The lowest BCUT2D eigenvalue weighted by Crippen LogP contribution is -2.53. The molecule has 208 valence electrons. The van der Waals surface area contributed by atoms with Gasteiger partial charge < -0.3 is 9.47 Å². The van der Waals surface area contributed by atoms with Crippen LogP contribution in [0.5, 0.6) is 0 Å². The summed E-state index contributed by atoms with van der Waals surface area (Å²) in [5.41, 5.74) is -0.356. The summed E-state index contributed by atoms with van der Waals surface area (Å²) in [5.74, 6) is 8.23. The van der Waals surface area contributed by atoms with Gasteiger partial charge in [-0.15, -0.1) is 0 Å². The van der Waals surface area contributed by atoms with Crippen molar-refractivity contribution in [3.8, 4) is 0 Å². The SMILES string of the molecule is CCC(C)(C)C(=O)OC1CC2CC1C1C3CCC(C3)C21.CCC(C)C(=O)OC12CC3CC(CC(C3)C1)C2. The van der Waals surface area contributed by atoms with E-state index in [0.717, 1.165) is 79.4 Å². The van der Waals surface area contributed by atoms with Crippen molar-refractivity contribution in [2.75, 3.05) is 0 Å². The molecule has 0 aromatic carbocycles. The Morgan fingerprint density at radius 1 is 0.838 bits per heavy atom. The minimum Gasteiger partial charge on any atom is -0.462 e. The van der Waals surface area contributed by atoms with Crippen LogP contribution in [0.15, 0.2) is 0 Å². The van der Waals surface area contributed by atoms with E-state index < -0.39 is 0 Å². The Morgan fingerprint density at radius 3 is 2.00 bits per heavy atom. The molecule has 0 aliphatic heterocycles. The molecule has 8 atom stereocenters. The Balaban J connectivity index is 0.000000138. The Kier molecular flexibility index (Phi) is 6.75. The summed E-state index contributed by atoms with van der Waals surface area (Å²) in [4.78, 5) is 24.4. The summed E-state index contributed by atoms with van der Waals surface area (Å²) >= 11 is 0. The van der Waals surface area contributed by atoms with E-state index in [4.69, 9.17) is 9.47 Å². The van der Waals surface area contributed by atoms with E-state index in [1.54, 1.807) is 0 Å². The first kappa shape index (κ1) is 26.2. The van der Waals surface area contributed by atoms with E-state index in [0.29, 0.717) is 5.92 Å². The van der Waals surface area contributed by atoms with E-state index >= 15 is 0 Å². The smallest absolute Gasteiger partial charge is 0.311 e. The first-order chi connectivity index (χ1) is 17.6. The molecule has 0 heterocycles. The van der Waals surface area contributed by atoms with Crippen molar-refractivity contribution in [2.45, 2.75) is 130 Å². The van der Waals surface area contributed by atoms with Gasteiger partial charge in [0.25, 0.3) is 0 Å². The predicted molar refractivity (Wildman–Crippen MR) is 144 cm³/mol. The zero-order valence-corrected chi connectivity index (χ0v) is 24.2. The van der Waals surface area contributed by atoms with Crippen molar-refractivity contribution < 1.29 is 19.1 Å². The van der Waals surface area contributed by atoms with E-state index in [2.05, 4.69) is 13.8 Å². The fourth-order valence-electron chi connectivity index (χ4n) is 10.7. The van der Waals surface area contributed by atoms with E-state index in [1.165, 1.54) is 51.4 Å². The number of rotatable bonds is 6. The number of esters is 2. The molecule has 8 rings (SSSR count). The lowest BCUT2D eigenvalue weighted by atomic mass is 9.54. The molecular weight excluding hydrogens is 460 g/mol. The van der Waals surface area contributed by atoms with Crippen LogP contribution in [0.25, 0.3) is 0 Å². The molecule has 8 aliphatic rings. The van der Waals surface area contributed by atoms with Crippen molar-refractivity contribution >= 4 is 11.9 Å². The molecular formula is C33H52O4. The van der Waals surface area contributed by atoms with Crippen LogP contribution in [-0.4, -0.2) is 23.6 Å². The third kappa shape index (κ3) is 4.58. The summed E-state index contributed by atoms with van der Waals surface area (Å²) in [6, 6.07) is 0. The maximum Gasteiger partial charge on any atom is 0.311 e. The number of hydrogen-bond acceptors (Lipinski definition) is 4. The maximum absolute atomic E-state index is 12.4. The van der Waals surface area contributed by atoms with Crippen LogP contribution >= 0.6 is 0 Å². The fraction of sp³-hybridized carbons (Fsp3) is 0.939. The zero-order valence-electron chi connectivity index (χ0n) is 24.2. The molecule has 37 heavy (non-hydrogen) atoms. The van der Waals surface area contributed by atoms with Crippen molar-refractivity contribution in [2.24, 2.45) is 64.6 Å². The van der Waals surface area contributed by atoms with Crippen molar-refractivity contribution in [3.05, 3.63) is 0 Å². The van der Waals surface area contributed by atoms with Crippen molar-refractivity contribution in [1.82, 2.24) is 0 Å². The van der Waals surface area contributed by atoms with Gasteiger partial charge in [-0.2, -0.15) is 0 Å². The largest absolute Gasteiger partial charge is 0.462 e. The molecule has 0 spiro atoms. The van der Waals surface area contributed by atoms with Gasteiger partial charge in [-0.25, -0.2) is 0 Å². The molecule has 4 nitrogen and oxygen atoms in total. The second-order valence-corrected chi connectivity index (χ2v) is 15.4. The lowest BCUT2D eigenvalue weighted by Gasteiger charge is -2.55. The highest BCUT2D eigenvalue weighted by Crippen LogP contribution is 2.68. The molecule has 0 amide bonds. The van der Waals surface area contributed by atoms with Crippen LogP contribution < -0.4 is 0 Å². The molecule has 8 saturated carbocycles. The van der Waals surface area contributed by atoms with Crippen LogP contribution in [0.3, 0.4) is 0 Å². The normalized spacial score (nSPS) is 46.8. The molecule has 0 aromatic rings. The number of carbonyl (C=O) groups is 2. The Morgan fingerprint density at radius 2 is 1.43 bits per heavy atom. The molecule has 8 bridgehead atoms. The first-order valence-electron chi connectivity index (χ1n) is 16.0. The average Bonchev–Trinajstić information content (AvgIpc) is 3.63. The molecule has 0 saturated heterocycles. The number of hydrogen-bond donors (Lipinski definition) is 0. The summed E-state index contributed by atoms with van der Waals surface area (Å²) in [6.07, 6.45) is 16.6. The van der Waals surface area contributed by atoms with Crippen molar-refractivity contribution in [3.63, 3.8) is 0 Å². The van der Waals surface area contributed by atoms with Gasteiger partial charge in [0.2, 0.25) is 0 Å². The van der Waals surface area contributed by atoms with E-state index in [1.807, 2.05) is 20.8 Å². The molecule has 8 unspecified atom stereocenters. The van der Waals surface area contributed by atoms with Gasteiger partial charge in [-0.3, -0.25) is 9.59 Å². The van der Waals surface area contributed by atoms with Crippen molar-refractivity contribution in [1.29, 1.82) is 0 Å². The highest BCUT2D eigenvalue weighted by molar-refractivity contribution is 5.76. The molecule has 0 aromatic heterocycles. The second kappa shape index (κ2) is 9.54. The minimum atomic E-state index is -0.310. The highest BCUT2D eigenvalue weighted by atomic mass is 16.6. The number of carbonyl (C=O) groups excluding carboxylic acids is 2. The van der Waals surface area contributed by atoms with Gasteiger partial charge in [0.05, 0.1) is 11.3 Å². The van der Waals surface area contributed by atoms with Crippen LogP contribution in [0.1, 0.15) is 118 Å². The maximum atomic E-state index is 12.4.